The van der Waals surface area contributed by atoms with Gasteiger partial charge in [0.25, 0.3) is 0 Å². The van der Waals surface area contributed by atoms with Crippen LogP contribution in [0.4, 0.5) is 0 Å². The second-order valence-corrected chi connectivity index (χ2v) is 5.66. The van der Waals surface area contributed by atoms with Crippen LogP contribution in [0.5, 0.6) is 0 Å². The lowest BCUT2D eigenvalue weighted by molar-refractivity contribution is 0.112. The summed E-state index contributed by atoms with van der Waals surface area (Å²) in [5, 5.41) is 0. The van der Waals surface area contributed by atoms with Gasteiger partial charge < -0.3 is 0 Å². The van der Waals surface area contributed by atoms with Crippen LogP contribution in [0.2, 0.25) is 0 Å². The van der Waals surface area contributed by atoms with Crippen molar-refractivity contribution in [1.82, 2.24) is 19.8 Å². The summed E-state index contributed by atoms with van der Waals surface area (Å²) < 4.78 is 0. The standard InChI is InChI=1S/C17H20N4O/c22-13-16-3-1-15(2-4-16)11-20-5-7-21(8-6-20)12-17-9-18-14-19-10-17/h1-4,9-10,13-14H,5-8,11-12H2. The minimum absolute atomic E-state index is 0.735. The second kappa shape index (κ2) is 7.24. The molecule has 1 aliphatic rings. The van der Waals surface area contributed by atoms with Crippen LogP contribution in [0, 0.1) is 0 Å². The summed E-state index contributed by atoms with van der Waals surface area (Å²) in [6.07, 6.45) is 6.22. The fraction of sp³-hybridized carbons (Fsp3) is 0.353. The molecule has 2 aromatic rings. The molecule has 22 heavy (non-hydrogen) atoms. The van der Waals surface area contributed by atoms with E-state index in [9.17, 15) is 4.79 Å². The maximum absolute atomic E-state index is 10.7. The maximum atomic E-state index is 10.7. The van der Waals surface area contributed by atoms with Crippen molar-refractivity contribution in [2.24, 2.45) is 0 Å². The normalized spacial score (nSPS) is 16.5. The van der Waals surface area contributed by atoms with Crippen LogP contribution in [0.25, 0.3) is 0 Å². The average molecular weight is 296 g/mol. The molecule has 1 aromatic heterocycles. The van der Waals surface area contributed by atoms with E-state index < -0.39 is 0 Å². The predicted molar refractivity (Wildman–Crippen MR) is 84.4 cm³/mol. The highest BCUT2D eigenvalue weighted by molar-refractivity contribution is 5.74. The number of benzene rings is 1. The van der Waals surface area contributed by atoms with Crippen molar-refractivity contribution < 1.29 is 4.79 Å². The molecular weight excluding hydrogens is 276 g/mol. The number of carbonyl (C=O) groups is 1. The van der Waals surface area contributed by atoms with Gasteiger partial charge in [-0.05, 0) is 5.56 Å². The van der Waals surface area contributed by atoms with Crippen LogP contribution in [-0.4, -0.2) is 52.2 Å². The lowest BCUT2D eigenvalue weighted by Crippen LogP contribution is -2.45. The molecule has 1 aromatic carbocycles. The van der Waals surface area contributed by atoms with E-state index >= 15 is 0 Å². The molecule has 1 aliphatic heterocycles. The molecule has 5 nitrogen and oxygen atoms in total. The summed E-state index contributed by atoms with van der Waals surface area (Å²) in [7, 11) is 0. The molecule has 0 aliphatic carbocycles. The van der Waals surface area contributed by atoms with Crippen LogP contribution in [0.1, 0.15) is 21.5 Å². The lowest BCUT2D eigenvalue weighted by atomic mass is 10.1. The third-order valence-electron chi connectivity index (χ3n) is 4.01. The quantitative estimate of drug-likeness (QED) is 0.785. The minimum Gasteiger partial charge on any atom is -0.298 e. The smallest absolute Gasteiger partial charge is 0.150 e. The van der Waals surface area contributed by atoms with Gasteiger partial charge in [0, 0.05) is 62.8 Å². The summed E-state index contributed by atoms with van der Waals surface area (Å²) >= 11 is 0. The highest BCUT2D eigenvalue weighted by Crippen LogP contribution is 2.11. The number of aromatic nitrogens is 2. The van der Waals surface area contributed by atoms with Crippen molar-refractivity contribution in [3.63, 3.8) is 0 Å². The highest BCUT2D eigenvalue weighted by Gasteiger charge is 2.17. The summed E-state index contributed by atoms with van der Waals surface area (Å²) in [6.45, 7) is 6.10. The van der Waals surface area contributed by atoms with Crippen LogP contribution < -0.4 is 0 Å². The number of piperazine rings is 1. The van der Waals surface area contributed by atoms with Crippen molar-refractivity contribution in [3.8, 4) is 0 Å². The molecule has 114 valence electrons. The molecule has 0 amide bonds. The van der Waals surface area contributed by atoms with Crippen molar-refractivity contribution in [2.75, 3.05) is 26.2 Å². The Morgan fingerprint density at radius 2 is 1.41 bits per heavy atom. The van der Waals surface area contributed by atoms with E-state index in [1.54, 1.807) is 6.33 Å². The Labute approximate surface area is 130 Å². The van der Waals surface area contributed by atoms with E-state index in [0.29, 0.717) is 0 Å². The average Bonchev–Trinajstić information content (AvgIpc) is 2.58. The molecule has 0 N–H and O–H groups in total. The molecule has 0 atom stereocenters. The van der Waals surface area contributed by atoms with Crippen molar-refractivity contribution in [2.45, 2.75) is 13.1 Å². The fourth-order valence-electron chi connectivity index (χ4n) is 2.74. The molecular formula is C17H20N4O. The van der Waals surface area contributed by atoms with E-state index in [-0.39, 0.29) is 0 Å². The van der Waals surface area contributed by atoms with Crippen LogP contribution in [0.15, 0.2) is 43.0 Å². The van der Waals surface area contributed by atoms with Crippen LogP contribution in [-0.2, 0) is 13.1 Å². The number of rotatable bonds is 5. The van der Waals surface area contributed by atoms with Gasteiger partial charge in [-0.1, -0.05) is 24.3 Å². The zero-order chi connectivity index (χ0) is 15.2. The van der Waals surface area contributed by atoms with E-state index in [0.717, 1.165) is 51.1 Å². The van der Waals surface area contributed by atoms with Crippen LogP contribution in [0.3, 0.4) is 0 Å². The highest BCUT2D eigenvalue weighted by atomic mass is 16.1. The van der Waals surface area contributed by atoms with E-state index in [2.05, 4.69) is 19.8 Å². The first-order chi connectivity index (χ1) is 10.8. The molecule has 0 saturated carbocycles. The van der Waals surface area contributed by atoms with Gasteiger partial charge in [0.05, 0.1) is 0 Å². The van der Waals surface area contributed by atoms with Gasteiger partial charge in [-0.15, -0.1) is 0 Å². The Morgan fingerprint density at radius 1 is 0.864 bits per heavy atom. The Hall–Kier alpha value is -2.11. The molecule has 0 bridgehead atoms. The summed E-state index contributed by atoms with van der Waals surface area (Å²) in [6, 6.07) is 7.84. The number of hydrogen-bond acceptors (Lipinski definition) is 5. The SMILES string of the molecule is O=Cc1ccc(CN2CCN(Cc3cncnc3)CC2)cc1. The summed E-state index contributed by atoms with van der Waals surface area (Å²) in [4.78, 5) is 23.7. The molecule has 0 spiro atoms. The fourth-order valence-corrected chi connectivity index (χ4v) is 2.74. The molecule has 5 heteroatoms. The molecule has 2 heterocycles. The first kappa shape index (κ1) is 14.8. The number of hydrogen-bond donors (Lipinski definition) is 0. The number of carbonyl (C=O) groups excluding carboxylic acids is 1. The molecule has 3 rings (SSSR count). The van der Waals surface area contributed by atoms with E-state index in [4.69, 9.17) is 0 Å². The van der Waals surface area contributed by atoms with Crippen molar-refractivity contribution in [1.29, 1.82) is 0 Å². The Kier molecular flexibility index (Phi) is 4.88. The topological polar surface area (TPSA) is 49.3 Å². The monoisotopic (exact) mass is 296 g/mol. The van der Waals surface area contributed by atoms with Gasteiger partial charge in [-0.25, -0.2) is 9.97 Å². The third kappa shape index (κ3) is 3.96. The van der Waals surface area contributed by atoms with Crippen LogP contribution >= 0.6 is 0 Å². The third-order valence-corrected chi connectivity index (χ3v) is 4.01. The van der Waals surface area contributed by atoms with Gasteiger partial charge in [0.15, 0.2) is 0 Å². The number of aldehydes is 1. The predicted octanol–water partition coefficient (Wildman–Crippen LogP) is 1.61. The second-order valence-electron chi connectivity index (χ2n) is 5.66. The largest absolute Gasteiger partial charge is 0.298 e. The molecule has 0 unspecified atom stereocenters. The first-order valence-electron chi connectivity index (χ1n) is 7.56. The summed E-state index contributed by atoms with van der Waals surface area (Å²) in [5.74, 6) is 0. The Morgan fingerprint density at radius 3 is 1.95 bits per heavy atom. The van der Waals surface area contributed by atoms with Gasteiger partial charge in [-0.3, -0.25) is 14.6 Å². The zero-order valence-corrected chi connectivity index (χ0v) is 12.6. The Balaban J connectivity index is 1.48. The van der Waals surface area contributed by atoms with E-state index in [1.165, 1.54) is 11.1 Å². The summed E-state index contributed by atoms with van der Waals surface area (Å²) in [5.41, 5.74) is 3.16. The first-order valence-corrected chi connectivity index (χ1v) is 7.56. The van der Waals surface area contributed by atoms with Crippen molar-refractivity contribution in [3.05, 3.63) is 59.7 Å². The van der Waals surface area contributed by atoms with Gasteiger partial charge >= 0.3 is 0 Å². The Bertz CT molecular complexity index is 592. The molecule has 0 radical (unpaired) electrons. The maximum Gasteiger partial charge on any atom is 0.150 e. The zero-order valence-electron chi connectivity index (χ0n) is 12.6. The van der Waals surface area contributed by atoms with Gasteiger partial charge in [0.1, 0.15) is 12.6 Å². The minimum atomic E-state index is 0.735. The lowest BCUT2D eigenvalue weighted by Gasteiger charge is -2.34. The molecule has 1 saturated heterocycles. The van der Waals surface area contributed by atoms with Gasteiger partial charge in [0.2, 0.25) is 0 Å². The van der Waals surface area contributed by atoms with Gasteiger partial charge in [-0.2, -0.15) is 0 Å². The van der Waals surface area contributed by atoms with E-state index in [1.807, 2.05) is 36.7 Å². The van der Waals surface area contributed by atoms with Crippen molar-refractivity contribution >= 4 is 6.29 Å². The number of nitrogens with zero attached hydrogens (tertiary/aromatic N) is 4. The molecule has 1 fully saturated rings.